The number of nitrogens with two attached hydrogens (primary N) is 1. The van der Waals surface area contributed by atoms with Gasteiger partial charge in [-0.3, -0.25) is 9.59 Å². The molecule has 0 amide bonds. The Hall–Kier alpha value is -2.82. The molecule has 138 valence electrons. The maximum atomic E-state index is 12.0. The van der Waals surface area contributed by atoms with Gasteiger partial charge in [0.15, 0.2) is 0 Å². The van der Waals surface area contributed by atoms with Crippen LogP contribution in [0.3, 0.4) is 0 Å². The van der Waals surface area contributed by atoms with Crippen molar-refractivity contribution in [2.45, 2.75) is 33.6 Å². The van der Waals surface area contributed by atoms with E-state index >= 15 is 0 Å². The summed E-state index contributed by atoms with van der Waals surface area (Å²) in [7, 11) is 1.79. The highest BCUT2D eigenvalue weighted by Gasteiger charge is 2.40. The van der Waals surface area contributed by atoms with Gasteiger partial charge in [-0.2, -0.15) is 0 Å². The van der Waals surface area contributed by atoms with Crippen LogP contribution in [0.1, 0.15) is 52.4 Å². The molecule has 0 bridgehead atoms. The Labute approximate surface area is 154 Å². The molecule has 0 aliphatic carbocycles. The molecule has 5 nitrogen and oxygen atoms in total. The Morgan fingerprint density at radius 1 is 1.23 bits per heavy atom. The second-order valence-electron chi connectivity index (χ2n) is 7.18. The number of nitrogens with one attached hydrogen (secondary N) is 1. The van der Waals surface area contributed by atoms with E-state index in [9.17, 15) is 14.7 Å². The molecular weight excluding hydrogens is 328 g/mol. The van der Waals surface area contributed by atoms with Crippen LogP contribution in [-0.4, -0.2) is 24.4 Å². The summed E-state index contributed by atoms with van der Waals surface area (Å²) in [5, 5.41) is 12.9. The van der Waals surface area contributed by atoms with Gasteiger partial charge >= 0.3 is 5.97 Å². The lowest BCUT2D eigenvalue weighted by atomic mass is 9.69. The third kappa shape index (κ3) is 3.29. The number of carbonyl (C=O) groups excluding carboxylic acids is 1. The average Bonchev–Trinajstić information content (AvgIpc) is 2.60. The van der Waals surface area contributed by atoms with Gasteiger partial charge < -0.3 is 16.2 Å². The Kier molecular flexibility index (Phi) is 5.40. The van der Waals surface area contributed by atoms with E-state index in [1.807, 2.05) is 38.1 Å². The fraction of sp³-hybridized carbons (Fsp3) is 0.333. The average molecular weight is 354 g/mol. The van der Waals surface area contributed by atoms with Crippen LogP contribution in [0.15, 0.2) is 30.3 Å². The number of aryl methyl sites for hydroxylation is 1. The van der Waals surface area contributed by atoms with Crippen LogP contribution in [0.2, 0.25) is 0 Å². The lowest BCUT2D eigenvalue weighted by Crippen LogP contribution is -2.32. The van der Waals surface area contributed by atoms with Gasteiger partial charge in [0, 0.05) is 18.5 Å². The van der Waals surface area contributed by atoms with Crippen molar-refractivity contribution in [3.05, 3.63) is 58.1 Å². The number of benzene rings is 2. The van der Waals surface area contributed by atoms with Crippen LogP contribution < -0.4 is 11.1 Å². The highest BCUT2D eigenvalue weighted by Crippen LogP contribution is 2.44. The summed E-state index contributed by atoms with van der Waals surface area (Å²) < 4.78 is 0. The summed E-state index contributed by atoms with van der Waals surface area (Å²) in [6.45, 7) is 7.14. The molecule has 0 aliphatic rings. The van der Waals surface area contributed by atoms with Crippen molar-refractivity contribution in [2.24, 2.45) is 5.41 Å². The summed E-state index contributed by atoms with van der Waals surface area (Å²) in [4.78, 5) is 23.4. The van der Waals surface area contributed by atoms with Crippen molar-refractivity contribution in [1.82, 2.24) is 0 Å². The first kappa shape index (κ1) is 19.5. The van der Waals surface area contributed by atoms with Crippen molar-refractivity contribution >= 4 is 23.6 Å². The van der Waals surface area contributed by atoms with Gasteiger partial charge in [0.05, 0.1) is 16.8 Å². The monoisotopic (exact) mass is 354 g/mol. The molecule has 0 heterocycles. The normalized spacial score (nSPS) is 12.5. The van der Waals surface area contributed by atoms with Crippen LogP contribution in [0.25, 0.3) is 0 Å². The predicted molar refractivity (Wildman–Crippen MR) is 105 cm³/mol. The summed E-state index contributed by atoms with van der Waals surface area (Å²) in [6, 6.07) is 9.29. The van der Waals surface area contributed by atoms with Crippen LogP contribution >= 0.6 is 0 Å². The molecule has 0 aromatic heterocycles. The minimum absolute atomic E-state index is 0.451. The number of rotatable bonds is 6. The molecule has 2 aromatic rings. The number of aliphatic carboxylic acids is 1. The SMILES string of the molecule is CNc1ccc(C(c2ccc(C)c(C=O)c2)C(C)(C)C(=O)O)c(C)c1N. The summed E-state index contributed by atoms with van der Waals surface area (Å²) in [6.07, 6.45) is 0.801. The zero-order chi connectivity index (χ0) is 19.6. The molecular formula is C21H26N2O3. The van der Waals surface area contributed by atoms with Crippen molar-refractivity contribution in [2.75, 3.05) is 18.1 Å². The number of nitrogen functional groups attached to an aromatic ring is 1. The van der Waals surface area contributed by atoms with Gasteiger partial charge in [0.1, 0.15) is 6.29 Å². The number of aldehydes is 1. The number of carbonyl (C=O) groups is 2. The second kappa shape index (κ2) is 7.20. The minimum atomic E-state index is -1.09. The third-order valence-electron chi connectivity index (χ3n) is 5.17. The van der Waals surface area contributed by atoms with Crippen LogP contribution in [-0.2, 0) is 4.79 Å². The van der Waals surface area contributed by atoms with Gasteiger partial charge in [0.2, 0.25) is 0 Å². The summed E-state index contributed by atoms with van der Waals surface area (Å²) in [5.41, 5.74) is 10.4. The Morgan fingerprint density at radius 2 is 1.88 bits per heavy atom. The van der Waals surface area contributed by atoms with Crippen molar-refractivity contribution in [3.63, 3.8) is 0 Å². The highest BCUT2D eigenvalue weighted by atomic mass is 16.4. The lowest BCUT2D eigenvalue weighted by Gasteiger charge is -2.33. The Morgan fingerprint density at radius 3 is 2.42 bits per heavy atom. The van der Waals surface area contributed by atoms with Gasteiger partial charge in [-0.05, 0) is 62.1 Å². The highest BCUT2D eigenvalue weighted by molar-refractivity contribution is 5.80. The maximum absolute atomic E-state index is 12.0. The summed E-state index contributed by atoms with van der Waals surface area (Å²) >= 11 is 0. The first-order valence-electron chi connectivity index (χ1n) is 8.51. The van der Waals surface area contributed by atoms with E-state index in [1.165, 1.54) is 0 Å². The van der Waals surface area contributed by atoms with Gasteiger partial charge in [-0.15, -0.1) is 0 Å². The largest absolute Gasteiger partial charge is 0.481 e. The second-order valence-corrected chi connectivity index (χ2v) is 7.18. The van der Waals surface area contributed by atoms with Crippen molar-refractivity contribution in [3.8, 4) is 0 Å². The molecule has 0 saturated heterocycles. The molecule has 0 spiro atoms. The molecule has 2 aromatic carbocycles. The third-order valence-corrected chi connectivity index (χ3v) is 5.17. The number of carboxylic acid groups (broad SMARTS) is 1. The van der Waals surface area contributed by atoms with Gasteiger partial charge in [-0.1, -0.05) is 18.2 Å². The van der Waals surface area contributed by atoms with E-state index in [2.05, 4.69) is 5.32 Å². The van der Waals surface area contributed by atoms with E-state index in [-0.39, 0.29) is 0 Å². The molecule has 1 unspecified atom stereocenters. The fourth-order valence-electron chi connectivity index (χ4n) is 3.35. The molecule has 5 heteroatoms. The molecule has 0 radical (unpaired) electrons. The van der Waals surface area contributed by atoms with Gasteiger partial charge in [0.25, 0.3) is 0 Å². The zero-order valence-electron chi connectivity index (χ0n) is 15.9. The van der Waals surface area contributed by atoms with Crippen LogP contribution in [0.5, 0.6) is 0 Å². The first-order valence-corrected chi connectivity index (χ1v) is 8.51. The quantitative estimate of drug-likeness (QED) is 0.539. The van der Waals surface area contributed by atoms with Crippen LogP contribution in [0, 0.1) is 19.3 Å². The number of anilines is 2. The molecule has 0 aliphatic heterocycles. The van der Waals surface area contributed by atoms with E-state index in [4.69, 9.17) is 5.73 Å². The predicted octanol–water partition coefficient (Wildman–Crippen LogP) is 3.98. The maximum Gasteiger partial charge on any atom is 0.310 e. The molecule has 0 saturated carbocycles. The Balaban J connectivity index is 2.77. The van der Waals surface area contributed by atoms with Crippen molar-refractivity contribution < 1.29 is 14.7 Å². The number of hydrogen-bond acceptors (Lipinski definition) is 4. The number of hydrogen-bond donors (Lipinski definition) is 3. The smallest absolute Gasteiger partial charge is 0.310 e. The van der Waals surface area contributed by atoms with E-state index in [0.29, 0.717) is 11.3 Å². The Bertz CT molecular complexity index is 857. The van der Waals surface area contributed by atoms with Gasteiger partial charge in [-0.25, -0.2) is 0 Å². The lowest BCUT2D eigenvalue weighted by molar-refractivity contribution is -0.147. The molecule has 4 N–H and O–H groups in total. The van der Waals surface area contributed by atoms with E-state index < -0.39 is 17.3 Å². The molecule has 2 rings (SSSR count). The number of carboxylic acids is 1. The topological polar surface area (TPSA) is 92.4 Å². The first-order chi connectivity index (χ1) is 12.1. The minimum Gasteiger partial charge on any atom is -0.481 e. The molecule has 0 fully saturated rings. The summed E-state index contributed by atoms with van der Waals surface area (Å²) in [5.74, 6) is -1.36. The molecule has 1 atom stereocenters. The van der Waals surface area contributed by atoms with Crippen molar-refractivity contribution in [1.29, 1.82) is 0 Å². The zero-order valence-corrected chi connectivity index (χ0v) is 15.9. The van der Waals surface area contributed by atoms with Crippen LogP contribution in [0.4, 0.5) is 11.4 Å². The fourth-order valence-corrected chi connectivity index (χ4v) is 3.35. The van der Waals surface area contributed by atoms with E-state index in [1.54, 1.807) is 27.0 Å². The molecule has 26 heavy (non-hydrogen) atoms. The van der Waals surface area contributed by atoms with E-state index in [0.717, 1.165) is 34.2 Å². The standard InChI is InChI=1S/C21H26N2O3/c1-12-6-7-14(10-15(12)11-24)18(21(3,4)20(25)26)16-8-9-17(23-5)19(22)13(16)2/h6-11,18,23H,22H2,1-5H3,(H,25,26).